The lowest BCUT2D eigenvalue weighted by atomic mass is 10.2. The molecule has 0 unspecified atom stereocenters. The van der Waals surface area contributed by atoms with E-state index in [0.29, 0.717) is 11.4 Å². The Hall–Kier alpha value is -1.88. The predicted octanol–water partition coefficient (Wildman–Crippen LogP) is 2.26. The van der Waals surface area contributed by atoms with Crippen LogP contribution in [0, 0.1) is 6.92 Å². The molecule has 0 atom stereocenters. The van der Waals surface area contributed by atoms with Gasteiger partial charge in [-0.25, -0.2) is 9.97 Å². The van der Waals surface area contributed by atoms with Gasteiger partial charge in [-0.1, -0.05) is 30.0 Å². The Morgan fingerprint density at radius 2 is 2.06 bits per heavy atom. The molecule has 0 aliphatic carbocycles. The first kappa shape index (κ1) is 12.6. The quantitative estimate of drug-likeness (QED) is 0.520. The van der Waals surface area contributed by atoms with Crippen LogP contribution in [0.25, 0.3) is 0 Å². The molecule has 0 fully saturated rings. The Labute approximate surface area is 110 Å². The van der Waals surface area contributed by atoms with Gasteiger partial charge >= 0.3 is 0 Å². The van der Waals surface area contributed by atoms with Gasteiger partial charge in [0.15, 0.2) is 0 Å². The molecule has 0 spiro atoms. The molecular weight excluding hydrogens is 246 g/mol. The Morgan fingerprint density at radius 3 is 2.78 bits per heavy atom. The molecule has 2 aromatic rings. The molecule has 0 radical (unpaired) electrons. The van der Waals surface area contributed by atoms with Crippen LogP contribution in [0.1, 0.15) is 16.1 Å². The number of aromatic nitrogens is 2. The first-order valence-corrected chi connectivity index (χ1v) is 6.49. The van der Waals surface area contributed by atoms with Crippen LogP contribution in [-0.2, 0) is 0 Å². The molecule has 0 saturated heterocycles. The normalized spacial score (nSPS) is 10.1. The second-order valence-electron chi connectivity index (χ2n) is 3.66. The van der Waals surface area contributed by atoms with Gasteiger partial charge in [-0.2, -0.15) is 0 Å². The van der Waals surface area contributed by atoms with Gasteiger partial charge in [-0.15, -0.1) is 0 Å². The van der Waals surface area contributed by atoms with E-state index in [0.717, 1.165) is 10.7 Å². The fourth-order valence-electron chi connectivity index (χ4n) is 1.38. The van der Waals surface area contributed by atoms with E-state index in [1.165, 1.54) is 18.1 Å². The lowest BCUT2D eigenvalue weighted by molar-refractivity contribution is 0.0961. The second kappa shape index (κ2) is 6.16. The summed E-state index contributed by atoms with van der Waals surface area (Å²) in [5, 5.41) is 3.69. The number of nitrogens with one attached hydrogen (secondary N) is 1. The van der Waals surface area contributed by atoms with Crippen molar-refractivity contribution in [2.24, 2.45) is 0 Å². The summed E-state index contributed by atoms with van der Waals surface area (Å²) in [6.45, 7) is 1.91. The number of amides is 1. The standard InChI is InChI=1S/C13H13N3OS/c1-10-7-12(15-8-14-10)18-9-16-13(17)11-5-3-2-4-6-11/h2-8H,9H2,1H3,(H,16,17). The van der Waals surface area contributed by atoms with Gasteiger partial charge in [0.1, 0.15) is 11.4 Å². The van der Waals surface area contributed by atoms with Crippen LogP contribution >= 0.6 is 11.8 Å². The predicted molar refractivity (Wildman–Crippen MR) is 71.4 cm³/mol. The summed E-state index contributed by atoms with van der Waals surface area (Å²) < 4.78 is 0. The van der Waals surface area contributed by atoms with Gasteiger partial charge < -0.3 is 5.32 Å². The van der Waals surface area contributed by atoms with Gasteiger partial charge in [0.25, 0.3) is 5.91 Å². The van der Waals surface area contributed by atoms with E-state index in [-0.39, 0.29) is 5.91 Å². The molecule has 0 aliphatic heterocycles. The minimum absolute atomic E-state index is 0.0751. The highest BCUT2D eigenvalue weighted by atomic mass is 32.2. The summed E-state index contributed by atoms with van der Waals surface area (Å²) in [6.07, 6.45) is 1.52. The van der Waals surface area contributed by atoms with Crippen LogP contribution in [0.2, 0.25) is 0 Å². The SMILES string of the molecule is Cc1cc(SCNC(=O)c2ccccc2)ncn1. The highest BCUT2D eigenvalue weighted by Gasteiger charge is 2.03. The van der Waals surface area contributed by atoms with Crippen molar-refractivity contribution in [3.05, 3.63) is 54.0 Å². The number of hydrogen-bond donors (Lipinski definition) is 1. The molecule has 5 heteroatoms. The van der Waals surface area contributed by atoms with Crippen molar-refractivity contribution in [1.82, 2.24) is 15.3 Å². The number of carbonyl (C=O) groups excluding carboxylic acids is 1. The van der Waals surface area contributed by atoms with E-state index in [1.807, 2.05) is 31.2 Å². The number of benzene rings is 1. The highest BCUT2D eigenvalue weighted by Crippen LogP contribution is 2.13. The van der Waals surface area contributed by atoms with E-state index in [4.69, 9.17) is 0 Å². The van der Waals surface area contributed by atoms with Crippen molar-refractivity contribution in [3.63, 3.8) is 0 Å². The van der Waals surface area contributed by atoms with Crippen LogP contribution in [0.4, 0.5) is 0 Å². The maximum absolute atomic E-state index is 11.7. The minimum atomic E-state index is -0.0751. The van der Waals surface area contributed by atoms with E-state index < -0.39 is 0 Å². The molecule has 1 heterocycles. The third-order valence-corrected chi connectivity index (χ3v) is 3.08. The molecule has 1 N–H and O–H groups in total. The summed E-state index contributed by atoms with van der Waals surface area (Å²) in [6, 6.07) is 11.0. The first-order chi connectivity index (χ1) is 8.75. The Bertz CT molecular complexity index is 531. The monoisotopic (exact) mass is 259 g/mol. The maximum Gasteiger partial charge on any atom is 0.251 e. The summed E-state index contributed by atoms with van der Waals surface area (Å²) in [4.78, 5) is 19.9. The van der Waals surface area contributed by atoms with Gasteiger partial charge in [0.2, 0.25) is 0 Å². The zero-order valence-electron chi connectivity index (χ0n) is 9.96. The zero-order valence-corrected chi connectivity index (χ0v) is 10.8. The van der Waals surface area contributed by atoms with Crippen LogP contribution < -0.4 is 5.32 Å². The van der Waals surface area contributed by atoms with Crippen LogP contribution in [0.15, 0.2) is 47.8 Å². The van der Waals surface area contributed by atoms with Crippen molar-refractivity contribution in [2.45, 2.75) is 11.9 Å². The molecule has 0 aliphatic rings. The fraction of sp³-hybridized carbons (Fsp3) is 0.154. The summed E-state index contributed by atoms with van der Waals surface area (Å²) in [5.74, 6) is 0.415. The van der Waals surface area contributed by atoms with E-state index >= 15 is 0 Å². The van der Waals surface area contributed by atoms with Crippen LogP contribution in [0.3, 0.4) is 0 Å². The van der Waals surface area contributed by atoms with Crippen molar-refractivity contribution in [3.8, 4) is 0 Å². The van der Waals surface area contributed by atoms with Crippen molar-refractivity contribution >= 4 is 17.7 Å². The number of carbonyl (C=O) groups is 1. The smallest absolute Gasteiger partial charge is 0.251 e. The second-order valence-corrected chi connectivity index (χ2v) is 4.65. The summed E-state index contributed by atoms with van der Waals surface area (Å²) in [7, 11) is 0. The van der Waals surface area contributed by atoms with E-state index in [1.54, 1.807) is 12.1 Å². The molecule has 1 aromatic heterocycles. The average molecular weight is 259 g/mol. The summed E-state index contributed by atoms with van der Waals surface area (Å²) >= 11 is 1.47. The first-order valence-electron chi connectivity index (χ1n) is 5.50. The molecule has 92 valence electrons. The fourth-order valence-corrected chi connectivity index (χ4v) is 2.10. The average Bonchev–Trinajstić information content (AvgIpc) is 2.40. The Kier molecular flexibility index (Phi) is 4.30. The van der Waals surface area contributed by atoms with Gasteiger partial charge in [-0.05, 0) is 25.1 Å². The molecular formula is C13H13N3OS. The Balaban J connectivity index is 1.84. The Morgan fingerprint density at radius 1 is 1.28 bits per heavy atom. The summed E-state index contributed by atoms with van der Waals surface area (Å²) in [5.41, 5.74) is 1.58. The lowest BCUT2D eigenvalue weighted by Gasteiger charge is -2.04. The molecule has 2 rings (SSSR count). The molecule has 1 aromatic carbocycles. The highest BCUT2D eigenvalue weighted by molar-refractivity contribution is 7.99. The minimum Gasteiger partial charge on any atom is -0.343 e. The number of nitrogens with zero attached hydrogens (tertiary/aromatic N) is 2. The lowest BCUT2D eigenvalue weighted by Crippen LogP contribution is -2.22. The van der Waals surface area contributed by atoms with Crippen LogP contribution in [0.5, 0.6) is 0 Å². The van der Waals surface area contributed by atoms with Gasteiger partial charge in [0.05, 0.1) is 5.88 Å². The zero-order chi connectivity index (χ0) is 12.8. The van der Waals surface area contributed by atoms with Crippen molar-refractivity contribution in [1.29, 1.82) is 0 Å². The van der Waals surface area contributed by atoms with Gasteiger partial charge in [0, 0.05) is 11.3 Å². The number of hydrogen-bond acceptors (Lipinski definition) is 4. The number of aryl methyl sites for hydroxylation is 1. The number of thioether (sulfide) groups is 1. The molecule has 0 saturated carbocycles. The largest absolute Gasteiger partial charge is 0.343 e. The third kappa shape index (κ3) is 3.56. The van der Waals surface area contributed by atoms with E-state index in [9.17, 15) is 4.79 Å². The van der Waals surface area contributed by atoms with Crippen molar-refractivity contribution < 1.29 is 4.79 Å². The molecule has 18 heavy (non-hydrogen) atoms. The van der Waals surface area contributed by atoms with E-state index in [2.05, 4.69) is 15.3 Å². The van der Waals surface area contributed by atoms with Gasteiger partial charge in [-0.3, -0.25) is 4.79 Å². The molecule has 0 bridgehead atoms. The number of rotatable bonds is 4. The topological polar surface area (TPSA) is 54.9 Å². The maximum atomic E-state index is 11.7. The molecule has 4 nitrogen and oxygen atoms in total. The molecule has 1 amide bonds. The third-order valence-electron chi connectivity index (χ3n) is 2.27. The van der Waals surface area contributed by atoms with Crippen molar-refractivity contribution in [2.75, 3.05) is 5.88 Å². The van der Waals surface area contributed by atoms with Crippen LogP contribution in [-0.4, -0.2) is 21.8 Å².